The maximum atomic E-state index is 6.78. The lowest BCUT2D eigenvalue weighted by Gasteiger charge is -2.13. The van der Waals surface area contributed by atoms with Crippen LogP contribution >= 0.6 is 0 Å². The van der Waals surface area contributed by atoms with Gasteiger partial charge in [0.1, 0.15) is 11.2 Å². The van der Waals surface area contributed by atoms with Crippen molar-refractivity contribution in [3.05, 3.63) is 115 Å². The molecular weight excluding hydrogens is 390 g/mol. The smallest absolute Gasteiger partial charge is 0.143 e. The van der Waals surface area contributed by atoms with E-state index in [0.717, 1.165) is 49.9 Å². The van der Waals surface area contributed by atoms with Crippen molar-refractivity contribution >= 4 is 27.6 Å². The van der Waals surface area contributed by atoms with Crippen LogP contribution in [0.2, 0.25) is 0 Å². The number of hydrogen-bond donors (Lipinski definition) is 1. The molecule has 0 aliphatic rings. The van der Waals surface area contributed by atoms with Crippen LogP contribution in [-0.4, -0.2) is 0 Å². The van der Waals surface area contributed by atoms with Gasteiger partial charge in [0, 0.05) is 33.2 Å². The molecule has 0 fully saturated rings. The van der Waals surface area contributed by atoms with E-state index in [0.29, 0.717) is 0 Å². The van der Waals surface area contributed by atoms with Crippen molar-refractivity contribution in [3.8, 4) is 33.4 Å². The second-order valence-corrected chi connectivity index (χ2v) is 7.99. The first-order chi connectivity index (χ1) is 15.8. The first kappa shape index (κ1) is 18.5. The first-order valence-electron chi connectivity index (χ1n) is 10.7. The van der Waals surface area contributed by atoms with E-state index in [1.807, 2.05) is 24.3 Å². The highest BCUT2D eigenvalue weighted by atomic mass is 16.3. The molecule has 1 aromatic heterocycles. The van der Waals surface area contributed by atoms with Crippen molar-refractivity contribution in [1.29, 1.82) is 0 Å². The van der Waals surface area contributed by atoms with Crippen molar-refractivity contribution in [3.63, 3.8) is 0 Å². The summed E-state index contributed by atoms with van der Waals surface area (Å²) in [6.45, 7) is 0. The van der Waals surface area contributed by atoms with Crippen LogP contribution < -0.4 is 5.73 Å². The Morgan fingerprint density at radius 1 is 0.469 bits per heavy atom. The van der Waals surface area contributed by atoms with Gasteiger partial charge in [-0.25, -0.2) is 0 Å². The van der Waals surface area contributed by atoms with Crippen molar-refractivity contribution < 1.29 is 4.42 Å². The number of nitrogens with two attached hydrogens (primary N) is 1. The summed E-state index contributed by atoms with van der Waals surface area (Å²) in [7, 11) is 0. The minimum Gasteiger partial charge on any atom is -0.455 e. The molecule has 5 aromatic carbocycles. The predicted octanol–water partition coefficient (Wildman–Crippen LogP) is 8.17. The molecule has 32 heavy (non-hydrogen) atoms. The summed E-state index contributed by atoms with van der Waals surface area (Å²) in [5.41, 5.74) is 15.8. The Morgan fingerprint density at radius 2 is 1.09 bits per heavy atom. The van der Waals surface area contributed by atoms with E-state index in [1.54, 1.807) is 0 Å². The average Bonchev–Trinajstić information content (AvgIpc) is 3.24. The fourth-order valence-corrected chi connectivity index (χ4v) is 4.51. The van der Waals surface area contributed by atoms with E-state index in [-0.39, 0.29) is 0 Å². The maximum Gasteiger partial charge on any atom is 0.143 e. The highest BCUT2D eigenvalue weighted by molar-refractivity contribution is 6.10. The number of nitrogen functional groups attached to an aromatic ring is 1. The molecule has 152 valence electrons. The van der Waals surface area contributed by atoms with E-state index in [1.165, 1.54) is 11.1 Å². The number of anilines is 1. The molecule has 0 aliphatic carbocycles. The van der Waals surface area contributed by atoms with Gasteiger partial charge < -0.3 is 10.2 Å². The summed E-state index contributed by atoms with van der Waals surface area (Å²) >= 11 is 0. The van der Waals surface area contributed by atoms with E-state index < -0.39 is 0 Å². The van der Waals surface area contributed by atoms with E-state index >= 15 is 0 Å². The Balaban J connectivity index is 1.52. The topological polar surface area (TPSA) is 39.2 Å². The summed E-state index contributed by atoms with van der Waals surface area (Å²) in [5, 5.41) is 2.23. The van der Waals surface area contributed by atoms with Crippen LogP contribution in [0.25, 0.3) is 55.3 Å². The second kappa shape index (κ2) is 7.44. The van der Waals surface area contributed by atoms with Crippen LogP contribution in [0, 0.1) is 0 Å². The van der Waals surface area contributed by atoms with Crippen LogP contribution in [0.3, 0.4) is 0 Å². The Kier molecular flexibility index (Phi) is 4.29. The molecule has 0 saturated carbocycles. The molecule has 0 radical (unpaired) electrons. The number of furan rings is 1. The standard InChI is InChI=1S/C30H21NO/c31-29-23(22-12-6-11-21(19-22)20-9-2-1-3-10-20)14-7-15-25(29)27-17-8-16-26-24-13-4-5-18-28(24)32-30(26)27/h1-19H,31H2. The Hall–Kier alpha value is -4.30. The van der Waals surface area contributed by atoms with Gasteiger partial charge in [0.25, 0.3) is 0 Å². The van der Waals surface area contributed by atoms with E-state index in [9.17, 15) is 0 Å². The van der Waals surface area contributed by atoms with Gasteiger partial charge in [0.2, 0.25) is 0 Å². The van der Waals surface area contributed by atoms with Gasteiger partial charge in [0.05, 0.1) is 0 Å². The monoisotopic (exact) mass is 411 g/mol. The summed E-state index contributed by atoms with van der Waals surface area (Å²) in [6.07, 6.45) is 0. The zero-order valence-electron chi connectivity index (χ0n) is 17.5. The zero-order chi connectivity index (χ0) is 21.5. The van der Waals surface area contributed by atoms with Crippen molar-refractivity contribution in [2.45, 2.75) is 0 Å². The molecule has 1 heterocycles. The van der Waals surface area contributed by atoms with Gasteiger partial charge in [-0.2, -0.15) is 0 Å². The number of hydrogen-bond acceptors (Lipinski definition) is 2. The minimum absolute atomic E-state index is 0.755. The lowest BCUT2D eigenvalue weighted by Crippen LogP contribution is -1.94. The predicted molar refractivity (Wildman–Crippen MR) is 134 cm³/mol. The van der Waals surface area contributed by atoms with Crippen LogP contribution in [-0.2, 0) is 0 Å². The number of fused-ring (bicyclic) bond motifs is 3. The third-order valence-electron chi connectivity index (χ3n) is 6.08. The molecule has 0 bridgehead atoms. The third-order valence-corrected chi connectivity index (χ3v) is 6.08. The molecule has 0 unspecified atom stereocenters. The quantitative estimate of drug-likeness (QED) is 0.298. The summed E-state index contributed by atoms with van der Waals surface area (Å²) in [4.78, 5) is 0. The molecule has 0 saturated heterocycles. The van der Waals surface area contributed by atoms with Crippen molar-refractivity contribution in [2.75, 3.05) is 5.73 Å². The van der Waals surface area contributed by atoms with Gasteiger partial charge in [-0.05, 0) is 28.8 Å². The molecule has 0 amide bonds. The fourth-order valence-electron chi connectivity index (χ4n) is 4.51. The Bertz CT molecular complexity index is 1580. The molecule has 6 aromatic rings. The summed E-state index contributed by atoms with van der Waals surface area (Å²) in [6, 6.07) is 39.6. The molecule has 0 atom stereocenters. The van der Waals surface area contributed by atoms with Gasteiger partial charge in [-0.3, -0.25) is 0 Å². The maximum absolute atomic E-state index is 6.78. The first-order valence-corrected chi connectivity index (χ1v) is 10.7. The number of benzene rings is 5. The minimum atomic E-state index is 0.755. The van der Waals surface area contributed by atoms with Crippen LogP contribution in [0.15, 0.2) is 120 Å². The lowest BCUT2D eigenvalue weighted by atomic mass is 9.93. The Morgan fingerprint density at radius 3 is 2.00 bits per heavy atom. The van der Waals surface area contributed by atoms with Crippen molar-refractivity contribution in [2.24, 2.45) is 0 Å². The van der Waals surface area contributed by atoms with Crippen LogP contribution in [0.5, 0.6) is 0 Å². The number of para-hydroxylation sites is 3. The summed E-state index contributed by atoms with van der Waals surface area (Å²) in [5.74, 6) is 0. The van der Waals surface area contributed by atoms with Gasteiger partial charge in [-0.15, -0.1) is 0 Å². The second-order valence-electron chi connectivity index (χ2n) is 7.99. The zero-order valence-corrected chi connectivity index (χ0v) is 17.5. The molecule has 2 N–H and O–H groups in total. The van der Waals surface area contributed by atoms with Crippen molar-refractivity contribution in [1.82, 2.24) is 0 Å². The molecule has 2 nitrogen and oxygen atoms in total. The summed E-state index contributed by atoms with van der Waals surface area (Å²) < 4.78 is 6.26. The normalized spacial score (nSPS) is 11.2. The van der Waals surface area contributed by atoms with E-state index in [4.69, 9.17) is 10.2 Å². The SMILES string of the molecule is Nc1c(-c2cccc(-c3ccccc3)c2)cccc1-c1cccc2c1oc1ccccc12. The van der Waals surface area contributed by atoms with Crippen LogP contribution in [0.4, 0.5) is 5.69 Å². The highest BCUT2D eigenvalue weighted by Gasteiger charge is 2.15. The number of rotatable bonds is 3. The van der Waals surface area contributed by atoms with Gasteiger partial charge in [0.15, 0.2) is 0 Å². The van der Waals surface area contributed by atoms with Gasteiger partial charge in [-0.1, -0.05) is 103 Å². The Labute approximate surface area is 186 Å². The van der Waals surface area contributed by atoms with E-state index in [2.05, 4.69) is 91.0 Å². The highest BCUT2D eigenvalue weighted by Crippen LogP contribution is 2.41. The molecule has 0 aliphatic heterocycles. The molecular formula is C30H21NO. The van der Waals surface area contributed by atoms with Crippen LogP contribution in [0.1, 0.15) is 0 Å². The van der Waals surface area contributed by atoms with Gasteiger partial charge >= 0.3 is 0 Å². The third kappa shape index (κ3) is 2.97. The molecule has 0 spiro atoms. The fraction of sp³-hybridized carbons (Fsp3) is 0. The molecule has 2 heteroatoms. The average molecular weight is 412 g/mol. The lowest BCUT2D eigenvalue weighted by molar-refractivity contribution is 0.670. The largest absolute Gasteiger partial charge is 0.455 e. The molecule has 6 rings (SSSR count).